The second-order valence-corrected chi connectivity index (χ2v) is 6.78. The zero-order valence-corrected chi connectivity index (χ0v) is 11.6. The summed E-state index contributed by atoms with van der Waals surface area (Å²) in [4.78, 5) is 1.49. The molecule has 1 nitrogen and oxygen atoms in total. The average Bonchev–Trinajstić information content (AvgIpc) is 2.72. The first-order chi connectivity index (χ1) is 7.66. The summed E-state index contributed by atoms with van der Waals surface area (Å²) in [6.07, 6.45) is 5.05. The Hall–Kier alpha value is -0.0500. The summed E-state index contributed by atoms with van der Waals surface area (Å²) in [5.41, 5.74) is 1.46. The maximum absolute atomic E-state index is 6.04. The van der Waals surface area contributed by atoms with Crippen LogP contribution in [-0.4, -0.2) is 6.54 Å². The van der Waals surface area contributed by atoms with Crippen molar-refractivity contribution in [1.82, 2.24) is 5.32 Å². The van der Waals surface area contributed by atoms with E-state index in [1.807, 2.05) is 0 Å². The summed E-state index contributed by atoms with van der Waals surface area (Å²) in [6, 6.07) is 2.71. The summed E-state index contributed by atoms with van der Waals surface area (Å²) in [5.74, 6) is 0.816. The molecule has 1 aliphatic carbocycles. The molecule has 0 saturated heterocycles. The number of nitrogens with one attached hydrogen (secondary N) is 1. The summed E-state index contributed by atoms with van der Waals surface area (Å²) < 4.78 is 0.943. The van der Waals surface area contributed by atoms with Gasteiger partial charge in [-0.25, -0.2) is 0 Å². The number of thiophene rings is 1. The number of rotatable bonds is 5. The van der Waals surface area contributed by atoms with Crippen LogP contribution in [0.3, 0.4) is 0 Å². The largest absolute Gasteiger partial charge is 0.310 e. The van der Waals surface area contributed by atoms with Gasteiger partial charge in [0.05, 0.1) is 4.34 Å². The molecule has 16 heavy (non-hydrogen) atoms. The Morgan fingerprint density at radius 1 is 1.56 bits per heavy atom. The Morgan fingerprint density at radius 2 is 2.38 bits per heavy atom. The van der Waals surface area contributed by atoms with Crippen LogP contribution in [0.25, 0.3) is 0 Å². The van der Waals surface area contributed by atoms with Gasteiger partial charge in [-0.05, 0) is 49.8 Å². The van der Waals surface area contributed by atoms with Gasteiger partial charge in [0.1, 0.15) is 0 Å². The van der Waals surface area contributed by atoms with E-state index in [-0.39, 0.29) is 0 Å². The molecule has 0 aromatic carbocycles. The molecule has 1 atom stereocenters. The van der Waals surface area contributed by atoms with Crippen LogP contribution in [0.15, 0.2) is 6.07 Å². The molecule has 0 amide bonds. The molecule has 0 saturated carbocycles. The maximum Gasteiger partial charge on any atom is 0.0934 e. The zero-order valence-electron chi connectivity index (χ0n) is 10.1. The van der Waals surface area contributed by atoms with Crippen molar-refractivity contribution in [3.05, 3.63) is 20.8 Å². The van der Waals surface area contributed by atoms with E-state index in [0.717, 1.165) is 16.8 Å². The lowest BCUT2D eigenvalue weighted by atomic mass is 10.1. The second kappa shape index (κ2) is 5.52. The minimum Gasteiger partial charge on any atom is -0.310 e. The van der Waals surface area contributed by atoms with Gasteiger partial charge in [-0.15, -0.1) is 11.3 Å². The van der Waals surface area contributed by atoms with E-state index in [1.165, 1.54) is 36.1 Å². The van der Waals surface area contributed by atoms with Gasteiger partial charge in [-0.2, -0.15) is 0 Å². The molecule has 0 bridgehead atoms. The van der Waals surface area contributed by atoms with Crippen LogP contribution in [0.2, 0.25) is 4.34 Å². The highest BCUT2D eigenvalue weighted by atomic mass is 35.5. The minimum atomic E-state index is 0.561. The van der Waals surface area contributed by atoms with Gasteiger partial charge in [0.15, 0.2) is 0 Å². The molecule has 1 N–H and O–H groups in total. The molecular weight excluding hydrogens is 238 g/mol. The molecule has 1 aromatic rings. The fraction of sp³-hybridized carbons (Fsp3) is 0.692. The van der Waals surface area contributed by atoms with Crippen molar-refractivity contribution in [2.45, 2.75) is 45.6 Å². The van der Waals surface area contributed by atoms with Gasteiger partial charge in [-0.1, -0.05) is 25.4 Å². The van der Waals surface area contributed by atoms with Gasteiger partial charge in [0, 0.05) is 10.9 Å². The smallest absolute Gasteiger partial charge is 0.0934 e. The normalized spacial score (nSPS) is 19.4. The van der Waals surface area contributed by atoms with Gasteiger partial charge < -0.3 is 5.32 Å². The van der Waals surface area contributed by atoms with Crippen LogP contribution < -0.4 is 5.32 Å². The molecule has 3 heteroatoms. The molecule has 0 spiro atoms. The number of hydrogen-bond acceptors (Lipinski definition) is 2. The highest BCUT2D eigenvalue weighted by Gasteiger charge is 2.24. The third kappa shape index (κ3) is 2.99. The van der Waals surface area contributed by atoms with E-state index in [1.54, 1.807) is 11.3 Å². The molecule has 1 aliphatic rings. The topological polar surface area (TPSA) is 12.0 Å². The Kier molecular flexibility index (Phi) is 4.28. The number of halogens is 1. The number of hydrogen-bond donors (Lipinski definition) is 1. The first-order valence-electron chi connectivity index (χ1n) is 6.18. The van der Waals surface area contributed by atoms with E-state index in [9.17, 15) is 0 Å². The monoisotopic (exact) mass is 257 g/mol. The average molecular weight is 258 g/mol. The Labute approximate surface area is 107 Å². The van der Waals surface area contributed by atoms with Gasteiger partial charge in [0.25, 0.3) is 0 Å². The molecule has 90 valence electrons. The lowest BCUT2D eigenvalue weighted by Gasteiger charge is -2.13. The summed E-state index contributed by atoms with van der Waals surface area (Å²) in [7, 11) is 0. The van der Waals surface area contributed by atoms with Crippen molar-refractivity contribution in [2.75, 3.05) is 6.54 Å². The molecule has 1 heterocycles. The van der Waals surface area contributed by atoms with Crippen molar-refractivity contribution in [3.63, 3.8) is 0 Å². The Bertz CT molecular complexity index is 346. The lowest BCUT2D eigenvalue weighted by Crippen LogP contribution is -2.20. The predicted octanol–water partition coefficient (Wildman–Crippen LogP) is 4.41. The van der Waals surface area contributed by atoms with E-state index in [2.05, 4.69) is 25.2 Å². The number of aryl methyl sites for hydroxylation is 1. The third-order valence-corrected chi connectivity index (χ3v) is 4.54. The van der Waals surface area contributed by atoms with Crippen molar-refractivity contribution >= 4 is 22.9 Å². The zero-order chi connectivity index (χ0) is 11.5. The standard InChI is InChI=1S/C13H20ClNS/c1-9(2)4-3-7-15-11-5-6-12-10(11)8-13(14)16-12/h8-9,11,15H,3-7H2,1-2H3. The maximum atomic E-state index is 6.04. The van der Waals surface area contributed by atoms with E-state index < -0.39 is 0 Å². The van der Waals surface area contributed by atoms with Crippen molar-refractivity contribution in [2.24, 2.45) is 5.92 Å². The van der Waals surface area contributed by atoms with Gasteiger partial charge in [-0.3, -0.25) is 0 Å². The Morgan fingerprint density at radius 3 is 3.12 bits per heavy atom. The van der Waals surface area contributed by atoms with Gasteiger partial charge >= 0.3 is 0 Å². The molecule has 0 fully saturated rings. The lowest BCUT2D eigenvalue weighted by molar-refractivity contribution is 0.479. The van der Waals surface area contributed by atoms with Crippen LogP contribution >= 0.6 is 22.9 Å². The highest BCUT2D eigenvalue weighted by molar-refractivity contribution is 7.16. The first-order valence-corrected chi connectivity index (χ1v) is 7.37. The van der Waals surface area contributed by atoms with Crippen LogP contribution in [0.4, 0.5) is 0 Å². The molecule has 2 rings (SSSR count). The SMILES string of the molecule is CC(C)CCCNC1CCc2sc(Cl)cc21. The van der Waals surface area contributed by atoms with Gasteiger partial charge in [0.2, 0.25) is 0 Å². The van der Waals surface area contributed by atoms with E-state index in [4.69, 9.17) is 11.6 Å². The van der Waals surface area contributed by atoms with E-state index in [0.29, 0.717) is 6.04 Å². The van der Waals surface area contributed by atoms with Crippen LogP contribution in [-0.2, 0) is 6.42 Å². The fourth-order valence-electron chi connectivity index (χ4n) is 2.33. The molecule has 1 aromatic heterocycles. The van der Waals surface area contributed by atoms with Crippen LogP contribution in [0.1, 0.15) is 49.6 Å². The van der Waals surface area contributed by atoms with Crippen LogP contribution in [0, 0.1) is 5.92 Å². The van der Waals surface area contributed by atoms with E-state index >= 15 is 0 Å². The molecule has 0 aliphatic heterocycles. The minimum absolute atomic E-state index is 0.561. The van der Waals surface area contributed by atoms with Crippen molar-refractivity contribution in [3.8, 4) is 0 Å². The summed E-state index contributed by atoms with van der Waals surface area (Å²) in [5, 5.41) is 3.65. The second-order valence-electron chi connectivity index (χ2n) is 5.01. The van der Waals surface area contributed by atoms with Crippen molar-refractivity contribution < 1.29 is 0 Å². The third-order valence-electron chi connectivity index (χ3n) is 3.20. The van der Waals surface area contributed by atoms with Crippen molar-refractivity contribution in [1.29, 1.82) is 0 Å². The number of fused-ring (bicyclic) bond motifs is 1. The summed E-state index contributed by atoms with van der Waals surface area (Å²) >= 11 is 7.79. The molecule has 0 radical (unpaired) electrons. The Balaban J connectivity index is 1.79. The quantitative estimate of drug-likeness (QED) is 0.771. The first kappa shape index (κ1) is 12.4. The summed E-state index contributed by atoms with van der Waals surface area (Å²) in [6.45, 7) is 5.70. The molecular formula is C13H20ClNS. The van der Waals surface area contributed by atoms with Crippen LogP contribution in [0.5, 0.6) is 0 Å². The molecule has 1 unspecified atom stereocenters. The highest BCUT2D eigenvalue weighted by Crippen LogP contribution is 2.39. The predicted molar refractivity (Wildman–Crippen MR) is 72.5 cm³/mol. The fourth-order valence-corrected chi connectivity index (χ4v) is 3.69.